The van der Waals surface area contributed by atoms with Crippen molar-refractivity contribution in [3.05, 3.63) is 77.6 Å². The zero-order chi connectivity index (χ0) is 20.5. The normalized spacial score (nSPS) is 11.2. The van der Waals surface area contributed by atoms with Crippen molar-refractivity contribution in [1.82, 2.24) is 25.0 Å². The van der Waals surface area contributed by atoms with Crippen LogP contribution in [0, 0.1) is 0 Å². The Morgan fingerprint density at radius 2 is 2.00 bits per heavy atom. The van der Waals surface area contributed by atoms with E-state index in [0.29, 0.717) is 22.2 Å². The molecular formula is C21H15ClN6OS. The van der Waals surface area contributed by atoms with Gasteiger partial charge in [-0.1, -0.05) is 52.4 Å². The predicted molar refractivity (Wildman–Crippen MR) is 118 cm³/mol. The maximum Gasteiger partial charge on any atom is 0.250 e. The average Bonchev–Trinajstić information content (AvgIpc) is 3.38. The van der Waals surface area contributed by atoms with Gasteiger partial charge in [0.15, 0.2) is 5.13 Å². The molecule has 0 saturated heterocycles. The molecule has 3 aromatic heterocycles. The highest BCUT2D eigenvalue weighted by Gasteiger charge is 2.22. The summed E-state index contributed by atoms with van der Waals surface area (Å²) in [6.07, 6.45) is 3.44. The number of para-hydroxylation sites is 2. The SMILES string of the molecule is O=C(Cn1nnc2ccccc21)N(Cc1cccnc1)c1nc2c(Cl)cccc2s1. The van der Waals surface area contributed by atoms with E-state index in [-0.39, 0.29) is 12.5 Å². The molecule has 0 bridgehead atoms. The Morgan fingerprint density at radius 1 is 1.10 bits per heavy atom. The second kappa shape index (κ2) is 7.81. The second-order valence-electron chi connectivity index (χ2n) is 6.66. The lowest BCUT2D eigenvalue weighted by atomic mass is 10.2. The van der Waals surface area contributed by atoms with Gasteiger partial charge in [-0.15, -0.1) is 5.10 Å². The molecular weight excluding hydrogens is 420 g/mol. The van der Waals surface area contributed by atoms with E-state index in [4.69, 9.17) is 11.6 Å². The monoisotopic (exact) mass is 434 g/mol. The minimum atomic E-state index is -0.148. The number of halogens is 1. The van der Waals surface area contributed by atoms with Crippen molar-refractivity contribution in [1.29, 1.82) is 0 Å². The van der Waals surface area contributed by atoms with E-state index in [2.05, 4.69) is 20.3 Å². The molecule has 30 heavy (non-hydrogen) atoms. The highest BCUT2D eigenvalue weighted by molar-refractivity contribution is 7.22. The molecule has 5 rings (SSSR count). The summed E-state index contributed by atoms with van der Waals surface area (Å²) in [4.78, 5) is 23.8. The number of rotatable bonds is 5. The number of fused-ring (bicyclic) bond motifs is 2. The van der Waals surface area contributed by atoms with Crippen LogP contribution >= 0.6 is 22.9 Å². The van der Waals surface area contributed by atoms with E-state index in [1.54, 1.807) is 28.0 Å². The molecule has 0 aliphatic rings. The van der Waals surface area contributed by atoms with Gasteiger partial charge in [0.2, 0.25) is 0 Å². The average molecular weight is 435 g/mol. The van der Waals surface area contributed by atoms with E-state index in [1.165, 1.54) is 11.3 Å². The minimum Gasteiger partial charge on any atom is -0.282 e. The molecule has 2 aromatic carbocycles. The molecule has 0 saturated carbocycles. The topological polar surface area (TPSA) is 76.8 Å². The van der Waals surface area contributed by atoms with Gasteiger partial charge >= 0.3 is 0 Å². The number of thiazole rings is 1. The zero-order valence-electron chi connectivity index (χ0n) is 15.6. The first kappa shape index (κ1) is 18.7. The molecule has 148 valence electrons. The number of carbonyl (C=O) groups excluding carboxylic acids is 1. The fourth-order valence-electron chi connectivity index (χ4n) is 3.20. The quantitative estimate of drug-likeness (QED) is 0.411. The Balaban J connectivity index is 1.52. The van der Waals surface area contributed by atoms with Crippen molar-refractivity contribution < 1.29 is 4.79 Å². The fraction of sp³-hybridized carbons (Fsp3) is 0.0952. The summed E-state index contributed by atoms with van der Waals surface area (Å²) >= 11 is 7.73. The molecule has 0 fully saturated rings. The fourth-order valence-corrected chi connectivity index (χ4v) is 4.48. The number of hydrogen-bond donors (Lipinski definition) is 0. The number of hydrogen-bond acceptors (Lipinski definition) is 6. The number of benzene rings is 2. The molecule has 0 unspecified atom stereocenters. The van der Waals surface area contributed by atoms with Crippen molar-refractivity contribution in [2.45, 2.75) is 13.1 Å². The third-order valence-electron chi connectivity index (χ3n) is 4.66. The van der Waals surface area contributed by atoms with Crippen LogP contribution in [0.2, 0.25) is 5.02 Å². The van der Waals surface area contributed by atoms with Crippen molar-refractivity contribution in [2.75, 3.05) is 4.90 Å². The molecule has 0 aliphatic carbocycles. The van der Waals surface area contributed by atoms with Gasteiger partial charge in [-0.2, -0.15) is 0 Å². The maximum absolute atomic E-state index is 13.4. The predicted octanol–water partition coefficient (Wildman–Crippen LogP) is 4.32. The lowest BCUT2D eigenvalue weighted by Crippen LogP contribution is -2.33. The van der Waals surface area contributed by atoms with Gasteiger partial charge < -0.3 is 0 Å². The summed E-state index contributed by atoms with van der Waals surface area (Å²) in [6, 6.07) is 16.9. The number of carbonyl (C=O) groups is 1. The molecule has 1 amide bonds. The zero-order valence-corrected chi connectivity index (χ0v) is 17.2. The second-order valence-corrected chi connectivity index (χ2v) is 8.08. The molecule has 0 N–H and O–H groups in total. The maximum atomic E-state index is 13.4. The molecule has 3 heterocycles. The van der Waals surface area contributed by atoms with Crippen LogP contribution in [0.5, 0.6) is 0 Å². The Hall–Kier alpha value is -3.36. The Kier molecular flexibility index (Phi) is 4.86. The molecule has 7 nitrogen and oxygen atoms in total. The van der Waals surface area contributed by atoms with Crippen LogP contribution in [-0.2, 0) is 17.9 Å². The van der Waals surface area contributed by atoms with Gasteiger partial charge in [0.05, 0.1) is 21.8 Å². The van der Waals surface area contributed by atoms with Gasteiger partial charge in [-0.05, 0) is 35.9 Å². The summed E-state index contributed by atoms with van der Waals surface area (Å²) in [5.41, 5.74) is 3.14. The third-order valence-corrected chi connectivity index (χ3v) is 6.01. The Morgan fingerprint density at radius 3 is 2.83 bits per heavy atom. The Bertz CT molecular complexity index is 1350. The summed E-state index contributed by atoms with van der Waals surface area (Å²) < 4.78 is 2.53. The first-order valence-corrected chi connectivity index (χ1v) is 10.4. The van der Waals surface area contributed by atoms with Gasteiger partial charge in [-0.25, -0.2) is 9.67 Å². The van der Waals surface area contributed by atoms with Crippen molar-refractivity contribution in [2.24, 2.45) is 0 Å². The number of amides is 1. The van der Waals surface area contributed by atoms with E-state index >= 15 is 0 Å². The van der Waals surface area contributed by atoms with Gasteiger partial charge in [0.25, 0.3) is 5.91 Å². The molecule has 0 radical (unpaired) electrons. The molecule has 0 aliphatic heterocycles. The highest BCUT2D eigenvalue weighted by atomic mass is 35.5. The van der Waals surface area contributed by atoms with E-state index in [0.717, 1.165) is 21.3 Å². The molecule has 0 spiro atoms. The highest BCUT2D eigenvalue weighted by Crippen LogP contribution is 2.33. The largest absolute Gasteiger partial charge is 0.282 e. The van der Waals surface area contributed by atoms with Gasteiger partial charge in [-0.3, -0.25) is 14.7 Å². The molecule has 5 aromatic rings. The van der Waals surface area contributed by atoms with Gasteiger partial charge in [0.1, 0.15) is 17.6 Å². The first-order chi connectivity index (χ1) is 14.7. The summed E-state index contributed by atoms with van der Waals surface area (Å²) in [7, 11) is 0. The molecule has 9 heteroatoms. The lowest BCUT2D eigenvalue weighted by Gasteiger charge is -2.20. The van der Waals surface area contributed by atoms with Crippen LogP contribution in [0.1, 0.15) is 5.56 Å². The van der Waals surface area contributed by atoms with Crippen molar-refractivity contribution in [3.63, 3.8) is 0 Å². The molecule has 0 atom stereocenters. The summed E-state index contributed by atoms with van der Waals surface area (Å²) in [5.74, 6) is -0.148. The van der Waals surface area contributed by atoms with Crippen LogP contribution < -0.4 is 4.90 Å². The number of anilines is 1. The summed E-state index contributed by atoms with van der Waals surface area (Å²) in [5, 5.41) is 9.42. The summed E-state index contributed by atoms with van der Waals surface area (Å²) in [6.45, 7) is 0.390. The van der Waals surface area contributed by atoms with Crippen molar-refractivity contribution >= 4 is 55.2 Å². The standard InChI is InChI=1S/C21H15ClN6OS/c22-15-6-3-9-18-20(15)24-21(30-18)27(12-14-5-4-10-23-11-14)19(29)13-28-17-8-2-1-7-16(17)25-26-28/h1-11H,12-13H2. The first-order valence-electron chi connectivity index (χ1n) is 9.21. The third kappa shape index (κ3) is 3.51. The van der Waals surface area contributed by atoms with Crippen LogP contribution in [0.4, 0.5) is 5.13 Å². The van der Waals surface area contributed by atoms with Crippen LogP contribution in [0.3, 0.4) is 0 Å². The van der Waals surface area contributed by atoms with Crippen LogP contribution in [-0.4, -0.2) is 30.9 Å². The van der Waals surface area contributed by atoms with E-state index in [1.807, 2.05) is 48.5 Å². The van der Waals surface area contributed by atoms with Crippen LogP contribution in [0.25, 0.3) is 21.3 Å². The van der Waals surface area contributed by atoms with Crippen LogP contribution in [0.15, 0.2) is 67.0 Å². The Labute approximate surface area is 180 Å². The van der Waals surface area contributed by atoms with E-state index in [9.17, 15) is 4.79 Å². The smallest absolute Gasteiger partial charge is 0.250 e. The minimum absolute atomic E-state index is 0.0461. The van der Waals surface area contributed by atoms with Crippen molar-refractivity contribution in [3.8, 4) is 0 Å². The van der Waals surface area contributed by atoms with Gasteiger partial charge in [0, 0.05) is 12.4 Å². The van der Waals surface area contributed by atoms with E-state index < -0.39 is 0 Å². The number of nitrogens with zero attached hydrogens (tertiary/aromatic N) is 6. The lowest BCUT2D eigenvalue weighted by molar-refractivity contribution is -0.119. The number of aromatic nitrogens is 5. The number of pyridine rings is 1.